The number of aromatic nitrogens is 1. The van der Waals surface area contributed by atoms with Gasteiger partial charge in [-0.05, 0) is 71.3 Å². The molecule has 0 spiro atoms. The monoisotopic (exact) mass is 390 g/mol. The van der Waals surface area contributed by atoms with Gasteiger partial charge in [-0.2, -0.15) is 5.26 Å². The van der Waals surface area contributed by atoms with Gasteiger partial charge in [-0.25, -0.2) is 0 Å². The minimum absolute atomic E-state index is 0.683. The summed E-state index contributed by atoms with van der Waals surface area (Å²) < 4.78 is 2.35. The van der Waals surface area contributed by atoms with Crippen LogP contribution in [-0.2, 0) is 0 Å². The average molecular weight is 391 g/mol. The number of hydrogen-bond acceptors (Lipinski definition) is 1. The maximum atomic E-state index is 9.66. The molecule has 0 amide bonds. The number of rotatable bonds is 1. The van der Waals surface area contributed by atoms with Crippen LogP contribution in [-0.4, -0.2) is 4.40 Å². The Labute approximate surface area is 172 Å². The summed E-state index contributed by atoms with van der Waals surface area (Å²) in [5, 5.41) is 16.7. The highest BCUT2D eigenvalue weighted by Gasteiger charge is 2.19. The first-order valence-corrected chi connectivity index (χ1v) is 9.96. The Kier molecular flexibility index (Phi) is 3.25. The van der Waals surface area contributed by atoms with Crippen LogP contribution in [0.4, 0.5) is 0 Å². The van der Waals surface area contributed by atoms with Crippen molar-refractivity contribution in [1.29, 1.82) is 5.26 Å². The first-order valence-electron chi connectivity index (χ1n) is 9.53. The molecular formula is C26H15ClN2. The second kappa shape index (κ2) is 5.73. The number of halogens is 1. The molecule has 29 heavy (non-hydrogen) atoms. The molecule has 6 rings (SSSR count). The zero-order valence-electron chi connectivity index (χ0n) is 15.7. The summed E-state index contributed by atoms with van der Waals surface area (Å²) in [6.07, 6.45) is 1.92. The Morgan fingerprint density at radius 1 is 0.862 bits per heavy atom. The summed E-state index contributed by atoms with van der Waals surface area (Å²) >= 11 is 5.86. The van der Waals surface area contributed by atoms with Gasteiger partial charge in [0.15, 0.2) is 0 Å². The van der Waals surface area contributed by atoms with Crippen LogP contribution in [0.3, 0.4) is 0 Å². The quantitative estimate of drug-likeness (QED) is 0.288. The summed E-state index contributed by atoms with van der Waals surface area (Å²) in [6, 6.07) is 23.7. The van der Waals surface area contributed by atoms with Crippen molar-refractivity contribution < 1.29 is 0 Å². The lowest BCUT2D eigenvalue weighted by molar-refractivity contribution is 1.35. The molecule has 3 heteroatoms. The third-order valence-electron chi connectivity index (χ3n) is 6.02. The highest BCUT2D eigenvalue weighted by atomic mass is 35.5. The summed E-state index contributed by atoms with van der Waals surface area (Å²) in [5.74, 6) is 0. The van der Waals surface area contributed by atoms with Crippen LogP contribution in [0.25, 0.3) is 54.9 Å². The zero-order valence-corrected chi connectivity index (χ0v) is 16.5. The number of aryl methyl sites for hydroxylation is 1. The molecule has 0 bridgehead atoms. The van der Waals surface area contributed by atoms with Crippen molar-refractivity contribution in [3.63, 3.8) is 0 Å². The average Bonchev–Trinajstić information content (AvgIpc) is 3.22. The van der Waals surface area contributed by atoms with Crippen LogP contribution < -0.4 is 0 Å². The SMILES string of the molecule is Cc1cc2c(cc1/C=C\Cl)c1cc(C#N)cc3c4cc5ccccc5cc4n2c13. The predicted octanol–water partition coefficient (Wildman–Crippen LogP) is 7.38. The fraction of sp³-hybridized carbons (Fsp3) is 0.0385. The molecule has 0 aliphatic heterocycles. The summed E-state index contributed by atoms with van der Waals surface area (Å²) in [7, 11) is 0. The number of nitrogens with zero attached hydrogens (tertiary/aromatic N) is 2. The van der Waals surface area contributed by atoms with E-state index >= 15 is 0 Å². The Morgan fingerprint density at radius 2 is 1.52 bits per heavy atom. The molecule has 6 aromatic rings. The van der Waals surface area contributed by atoms with E-state index in [1.165, 1.54) is 32.8 Å². The Hall–Kier alpha value is -3.54. The van der Waals surface area contributed by atoms with Crippen molar-refractivity contribution in [2.75, 3.05) is 0 Å². The summed E-state index contributed by atoms with van der Waals surface area (Å²) in [6.45, 7) is 2.11. The normalized spacial score (nSPS) is 12.3. The topological polar surface area (TPSA) is 28.2 Å². The van der Waals surface area contributed by atoms with Gasteiger partial charge < -0.3 is 4.40 Å². The van der Waals surface area contributed by atoms with E-state index in [9.17, 15) is 5.26 Å². The molecular weight excluding hydrogens is 376 g/mol. The number of hydrogen-bond donors (Lipinski definition) is 0. The molecule has 0 fully saturated rings. The minimum atomic E-state index is 0.683. The van der Waals surface area contributed by atoms with Gasteiger partial charge in [0.05, 0.1) is 28.2 Å². The highest BCUT2D eigenvalue weighted by molar-refractivity contribution is 6.27. The standard InChI is InChI=1S/C26H15ClN2/c1-15-8-24-20(11-17(15)6-7-27)22-9-16(14-28)10-23-21-12-18-4-2-3-5-19(18)13-25(21)29(24)26(22)23/h2-13H,1H3/b7-6-. The van der Waals surface area contributed by atoms with E-state index in [1.807, 2.05) is 18.2 Å². The maximum absolute atomic E-state index is 9.66. The lowest BCUT2D eigenvalue weighted by atomic mass is 10.0. The van der Waals surface area contributed by atoms with E-state index in [2.05, 4.69) is 65.9 Å². The van der Waals surface area contributed by atoms with Crippen molar-refractivity contribution in [2.24, 2.45) is 0 Å². The fourth-order valence-electron chi connectivity index (χ4n) is 4.71. The first kappa shape index (κ1) is 16.4. The van der Waals surface area contributed by atoms with Gasteiger partial charge in [0.25, 0.3) is 0 Å². The molecule has 0 atom stereocenters. The van der Waals surface area contributed by atoms with Crippen molar-refractivity contribution in [2.45, 2.75) is 6.92 Å². The van der Waals surface area contributed by atoms with E-state index in [0.29, 0.717) is 5.56 Å². The third-order valence-corrected chi connectivity index (χ3v) is 6.14. The lowest BCUT2D eigenvalue weighted by Crippen LogP contribution is -1.85. The van der Waals surface area contributed by atoms with E-state index in [1.54, 1.807) is 5.54 Å². The van der Waals surface area contributed by atoms with E-state index in [0.717, 1.165) is 27.2 Å². The minimum Gasteiger partial charge on any atom is -0.308 e. The van der Waals surface area contributed by atoms with Gasteiger partial charge >= 0.3 is 0 Å². The van der Waals surface area contributed by atoms with E-state index < -0.39 is 0 Å². The Balaban J connectivity index is 1.94. The molecule has 0 unspecified atom stereocenters. The molecule has 2 aromatic heterocycles. The molecule has 136 valence electrons. The van der Waals surface area contributed by atoms with Crippen LogP contribution in [0, 0.1) is 18.3 Å². The molecule has 2 heterocycles. The van der Waals surface area contributed by atoms with Crippen LogP contribution in [0.1, 0.15) is 16.7 Å². The summed E-state index contributed by atoms with van der Waals surface area (Å²) in [5.41, 5.74) is 8.01. The van der Waals surface area contributed by atoms with Crippen molar-refractivity contribution in [3.05, 3.63) is 82.9 Å². The smallest absolute Gasteiger partial charge is 0.0992 e. The maximum Gasteiger partial charge on any atom is 0.0992 e. The zero-order chi connectivity index (χ0) is 19.7. The van der Waals surface area contributed by atoms with E-state index in [4.69, 9.17) is 11.6 Å². The fourth-order valence-corrected chi connectivity index (χ4v) is 4.84. The van der Waals surface area contributed by atoms with Crippen molar-refractivity contribution >= 4 is 66.5 Å². The highest BCUT2D eigenvalue weighted by Crippen LogP contribution is 2.41. The molecule has 0 saturated carbocycles. The molecule has 0 aliphatic carbocycles. The molecule has 0 saturated heterocycles. The molecule has 0 radical (unpaired) electrons. The molecule has 0 N–H and O–H groups in total. The third kappa shape index (κ3) is 2.11. The van der Waals surface area contributed by atoms with Crippen LogP contribution in [0.5, 0.6) is 0 Å². The van der Waals surface area contributed by atoms with E-state index in [-0.39, 0.29) is 0 Å². The van der Waals surface area contributed by atoms with Gasteiger partial charge in [0, 0.05) is 27.1 Å². The van der Waals surface area contributed by atoms with Crippen LogP contribution in [0.2, 0.25) is 0 Å². The Bertz CT molecular complexity index is 1680. The van der Waals surface area contributed by atoms with Crippen LogP contribution in [0.15, 0.2) is 66.2 Å². The van der Waals surface area contributed by atoms with Crippen molar-refractivity contribution in [1.82, 2.24) is 4.40 Å². The molecule has 2 nitrogen and oxygen atoms in total. The number of benzene rings is 4. The number of fused-ring (bicyclic) bond motifs is 7. The largest absolute Gasteiger partial charge is 0.308 e. The van der Waals surface area contributed by atoms with Gasteiger partial charge in [-0.3, -0.25) is 0 Å². The molecule has 0 aliphatic rings. The second-order valence-electron chi connectivity index (χ2n) is 7.60. The van der Waals surface area contributed by atoms with Crippen LogP contribution >= 0.6 is 11.6 Å². The van der Waals surface area contributed by atoms with Gasteiger partial charge in [-0.15, -0.1) is 0 Å². The predicted molar refractivity (Wildman–Crippen MR) is 123 cm³/mol. The lowest BCUT2D eigenvalue weighted by Gasteiger charge is -2.04. The first-order chi connectivity index (χ1) is 14.2. The number of nitriles is 1. The Morgan fingerprint density at radius 3 is 2.21 bits per heavy atom. The van der Waals surface area contributed by atoms with Crippen molar-refractivity contribution in [3.8, 4) is 6.07 Å². The molecule has 4 aromatic carbocycles. The second-order valence-corrected chi connectivity index (χ2v) is 7.85. The van der Waals surface area contributed by atoms with Gasteiger partial charge in [-0.1, -0.05) is 35.9 Å². The summed E-state index contributed by atoms with van der Waals surface area (Å²) in [4.78, 5) is 0. The van der Waals surface area contributed by atoms with Gasteiger partial charge in [0.1, 0.15) is 0 Å². The van der Waals surface area contributed by atoms with Gasteiger partial charge in [0.2, 0.25) is 0 Å².